The number of halogens is 2. The Bertz CT molecular complexity index is 508. The lowest BCUT2D eigenvalue weighted by atomic mass is 9.67. The van der Waals surface area contributed by atoms with E-state index in [1.807, 2.05) is 0 Å². The average molecular weight is 313 g/mol. The summed E-state index contributed by atoms with van der Waals surface area (Å²) in [5.41, 5.74) is -0.0134. The van der Waals surface area contributed by atoms with Crippen molar-refractivity contribution in [1.82, 2.24) is 0 Å². The Morgan fingerprint density at radius 1 is 1.43 bits per heavy atom. The molecule has 1 N–H and O–H groups in total. The smallest absolute Gasteiger partial charge is 0.309 e. The monoisotopic (exact) mass is 312 g/mol. The Morgan fingerprint density at radius 3 is 2.62 bits per heavy atom. The molecule has 0 unspecified atom stereocenters. The van der Waals surface area contributed by atoms with Crippen molar-refractivity contribution >= 4 is 17.6 Å². The fourth-order valence-electron chi connectivity index (χ4n) is 3.42. The number of benzene rings is 1. The first kappa shape index (κ1) is 16.3. The van der Waals surface area contributed by atoms with Gasteiger partial charge in [0.15, 0.2) is 0 Å². The molecule has 0 atom stereocenters. The Kier molecular flexibility index (Phi) is 5.26. The molecule has 4 heteroatoms. The van der Waals surface area contributed by atoms with Gasteiger partial charge in [-0.3, -0.25) is 4.79 Å². The topological polar surface area (TPSA) is 37.3 Å². The van der Waals surface area contributed by atoms with Crippen molar-refractivity contribution in [2.45, 2.75) is 51.9 Å². The fourth-order valence-corrected chi connectivity index (χ4v) is 3.66. The molecule has 1 aromatic rings. The third-order valence-corrected chi connectivity index (χ3v) is 5.11. The minimum Gasteiger partial charge on any atom is -0.481 e. The highest BCUT2D eigenvalue weighted by atomic mass is 35.5. The van der Waals surface area contributed by atoms with Gasteiger partial charge in [0.2, 0.25) is 0 Å². The second-order valence-electron chi connectivity index (χ2n) is 6.23. The summed E-state index contributed by atoms with van der Waals surface area (Å²) < 4.78 is 13.1. The molecule has 0 saturated heterocycles. The molecule has 0 aliphatic heterocycles. The molecule has 1 aromatic carbocycles. The normalized spacial score (nSPS) is 25.8. The Hall–Kier alpha value is -1.09. The average Bonchev–Trinajstić information content (AvgIpc) is 2.44. The van der Waals surface area contributed by atoms with Crippen LogP contribution < -0.4 is 0 Å². The van der Waals surface area contributed by atoms with Crippen LogP contribution in [0.25, 0.3) is 0 Å². The zero-order valence-corrected chi connectivity index (χ0v) is 13.1. The first-order chi connectivity index (χ1) is 9.97. The Morgan fingerprint density at radius 2 is 2.10 bits per heavy atom. The Balaban J connectivity index is 2.15. The molecule has 1 aliphatic carbocycles. The van der Waals surface area contributed by atoms with Crippen molar-refractivity contribution in [3.05, 3.63) is 34.6 Å². The molecule has 0 amide bonds. The van der Waals surface area contributed by atoms with Gasteiger partial charge in [-0.2, -0.15) is 0 Å². The third-order valence-electron chi connectivity index (χ3n) is 4.76. The summed E-state index contributed by atoms with van der Waals surface area (Å²) in [5.74, 6) is -0.496. The van der Waals surface area contributed by atoms with Crippen molar-refractivity contribution in [1.29, 1.82) is 0 Å². The standard InChI is InChI=1S/C17H22ClFO2/c1-2-3-12-6-8-17(9-7-12,16(20)21)11-13-4-5-14(19)10-15(13)18/h4-5,10,12H,2-3,6-9,11H2,1H3,(H,20,21). The number of carboxylic acid groups (broad SMARTS) is 1. The third kappa shape index (κ3) is 3.76. The largest absolute Gasteiger partial charge is 0.481 e. The van der Waals surface area contributed by atoms with Crippen molar-refractivity contribution in [3.8, 4) is 0 Å². The zero-order valence-electron chi connectivity index (χ0n) is 12.4. The van der Waals surface area contributed by atoms with Crippen LogP contribution in [0.15, 0.2) is 18.2 Å². The highest BCUT2D eigenvalue weighted by Gasteiger charge is 2.42. The van der Waals surface area contributed by atoms with E-state index in [1.54, 1.807) is 6.07 Å². The maximum atomic E-state index is 13.1. The minimum atomic E-state index is -0.752. The number of carboxylic acids is 1. The van der Waals surface area contributed by atoms with E-state index in [-0.39, 0.29) is 5.82 Å². The lowest BCUT2D eigenvalue weighted by Crippen LogP contribution is -2.37. The molecule has 116 valence electrons. The van der Waals surface area contributed by atoms with Gasteiger partial charge in [-0.15, -0.1) is 0 Å². The molecule has 1 aliphatic rings. The fraction of sp³-hybridized carbons (Fsp3) is 0.588. The maximum absolute atomic E-state index is 13.1. The SMILES string of the molecule is CCCC1CCC(Cc2ccc(F)cc2Cl)(C(=O)O)CC1. The summed E-state index contributed by atoms with van der Waals surface area (Å²) in [4.78, 5) is 11.8. The summed E-state index contributed by atoms with van der Waals surface area (Å²) in [7, 11) is 0. The van der Waals surface area contributed by atoms with Gasteiger partial charge in [-0.25, -0.2) is 4.39 Å². The summed E-state index contributed by atoms with van der Waals surface area (Å²) in [6, 6.07) is 4.22. The van der Waals surface area contributed by atoms with Crippen molar-refractivity contribution < 1.29 is 14.3 Å². The van der Waals surface area contributed by atoms with Crippen LogP contribution >= 0.6 is 11.6 Å². The molecule has 2 nitrogen and oxygen atoms in total. The molecule has 0 heterocycles. The lowest BCUT2D eigenvalue weighted by molar-refractivity contribution is -0.151. The predicted octanol–water partition coefficient (Wildman–Crippen LogP) is 5.08. The highest BCUT2D eigenvalue weighted by molar-refractivity contribution is 6.31. The van der Waals surface area contributed by atoms with Gasteiger partial charge in [0.05, 0.1) is 5.41 Å². The van der Waals surface area contributed by atoms with E-state index in [0.29, 0.717) is 30.2 Å². The van der Waals surface area contributed by atoms with E-state index in [0.717, 1.165) is 24.8 Å². The number of hydrogen-bond donors (Lipinski definition) is 1. The van der Waals surface area contributed by atoms with E-state index in [1.165, 1.54) is 18.6 Å². The minimum absolute atomic E-state index is 0.325. The number of aliphatic carboxylic acids is 1. The number of hydrogen-bond acceptors (Lipinski definition) is 1. The highest BCUT2D eigenvalue weighted by Crippen LogP contribution is 2.44. The Labute approximate surface area is 130 Å². The van der Waals surface area contributed by atoms with Crippen LogP contribution in [0.2, 0.25) is 5.02 Å². The molecule has 0 bridgehead atoms. The second-order valence-corrected chi connectivity index (χ2v) is 6.64. The van der Waals surface area contributed by atoms with Gasteiger partial charge in [0, 0.05) is 5.02 Å². The quantitative estimate of drug-likeness (QED) is 0.823. The van der Waals surface area contributed by atoms with Crippen LogP contribution in [0.1, 0.15) is 51.0 Å². The van der Waals surface area contributed by atoms with Gasteiger partial charge in [0.25, 0.3) is 0 Å². The maximum Gasteiger partial charge on any atom is 0.309 e. The molecule has 1 fully saturated rings. The van der Waals surface area contributed by atoms with Crippen molar-refractivity contribution in [3.63, 3.8) is 0 Å². The van der Waals surface area contributed by atoms with Crippen LogP contribution in [0.5, 0.6) is 0 Å². The molecule has 0 radical (unpaired) electrons. The molecule has 21 heavy (non-hydrogen) atoms. The van der Waals surface area contributed by atoms with Gasteiger partial charge in [0.1, 0.15) is 5.82 Å². The van der Waals surface area contributed by atoms with E-state index in [9.17, 15) is 14.3 Å². The summed E-state index contributed by atoms with van der Waals surface area (Å²) >= 11 is 6.06. The van der Waals surface area contributed by atoms with Gasteiger partial charge in [-0.1, -0.05) is 37.4 Å². The zero-order chi connectivity index (χ0) is 15.5. The van der Waals surface area contributed by atoms with E-state index in [2.05, 4.69) is 6.92 Å². The van der Waals surface area contributed by atoms with Gasteiger partial charge >= 0.3 is 5.97 Å². The molecule has 0 spiro atoms. The number of carbonyl (C=O) groups is 1. The van der Waals surface area contributed by atoms with Gasteiger partial charge in [-0.05, 0) is 55.7 Å². The van der Waals surface area contributed by atoms with Crippen LogP contribution in [-0.4, -0.2) is 11.1 Å². The van der Waals surface area contributed by atoms with Crippen molar-refractivity contribution in [2.24, 2.45) is 11.3 Å². The van der Waals surface area contributed by atoms with Crippen LogP contribution in [0.3, 0.4) is 0 Å². The summed E-state index contributed by atoms with van der Waals surface area (Å²) in [6.07, 6.45) is 5.99. The molecule has 0 aromatic heterocycles. The first-order valence-corrected chi connectivity index (χ1v) is 8.02. The van der Waals surface area contributed by atoms with Crippen LogP contribution in [-0.2, 0) is 11.2 Å². The van der Waals surface area contributed by atoms with E-state index in [4.69, 9.17) is 11.6 Å². The van der Waals surface area contributed by atoms with E-state index < -0.39 is 11.4 Å². The summed E-state index contributed by atoms with van der Waals surface area (Å²) in [5, 5.41) is 10.0. The lowest BCUT2D eigenvalue weighted by Gasteiger charge is -2.37. The van der Waals surface area contributed by atoms with E-state index >= 15 is 0 Å². The summed E-state index contributed by atoms with van der Waals surface area (Å²) in [6.45, 7) is 2.16. The van der Waals surface area contributed by atoms with Crippen LogP contribution in [0.4, 0.5) is 4.39 Å². The molecular formula is C17H22ClFO2. The second kappa shape index (κ2) is 6.78. The van der Waals surface area contributed by atoms with Crippen LogP contribution in [0, 0.1) is 17.2 Å². The van der Waals surface area contributed by atoms with Gasteiger partial charge < -0.3 is 5.11 Å². The van der Waals surface area contributed by atoms with Crippen molar-refractivity contribution in [2.75, 3.05) is 0 Å². The molecular weight excluding hydrogens is 291 g/mol. The molecule has 2 rings (SSSR count). The number of rotatable bonds is 5. The molecule has 1 saturated carbocycles. The predicted molar refractivity (Wildman–Crippen MR) is 82.0 cm³/mol. The first-order valence-electron chi connectivity index (χ1n) is 7.64.